The van der Waals surface area contributed by atoms with Crippen molar-refractivity contribution >= 4 is 17.7 Å². The molecule has 2 fully saturated rings. The maximum atomic E-state index is 12.3. The van der Waals surface area contributed by atoms with Gasteiger partial charge >= 0.3 is 0 Å². The molecule has 1 aliphatic carbocycles. The number of carbonyl (C=O) groups excluding carboxylic acids is 1. The van der Waals surface area contributed by atoms with E-state index in [2.05, 4.69) is 41.5 Å². The Kier molecular flexibility index (Phi) is 8.05. The summed E-state index contributed by atoms with van der Waals surface area (Å²) >= 11 is 1.82. The topological polar surface area (TPSA) is 65.4 Å². The van der Waals surface area contributed by atoms with Gasteiger partial charge in [0, 0.05) is 22.6 Å². The summed E-state index contributed by atoms with van der Waals surface area (Å²) in [5, 5.41) is 11.4. The lowest BCUT2D eigenvalue weighted by Gasteiger charge is -2.30. The Balaban J connectivity index is 1.46. The van der Waals surface area contributed by atoms with Crippen LogP contribution in [0.3, 0.4) is 0 Å². The summed E-state index contributed by atoms with van der Waals surface area (Å²) in [6.07, 6.45) is 6.80. The third-order valence-electron chi connectivity index (χ3n) is 5.99. The number of benzene rings is 1. The average Bonchev–Trinajstić information content (AvgIpc) is 3.14. The molecule has 3 rings (SSSR count). The molecule has 1 amide bonds. The lowest BCUT2D eigenvalue weighted by atomic mass is 9.80. The van der Waals surface area contributed by atoms with Crippen LogP contribution in [0, 0.1) is 23.2 Å². The number of hydrogen-bond donors (Lipinski definition) is 1. The van der Waals surface area contributed by atoms with Gasteiger partial charge in [-0.15, -0.1) is 11.8 Å². The van der Waals surface area contributed by atoms with Crippen molar-refractivity contribution in [3.63, 3.8) is 0 Å². The molecule has 1 aromatic rings. The van der Waals surface area contributed by atoms with Crippen molar-refractivity contribution in [3.05, 3.63) is 24.3 Å². The highest BCUT2D eigenvalue weighted by atomic mass is 32.2. The molecule has 0 bridgehead atoms. The first kappa shape index (κ1) is 21.0. The van der Waals surface area contributed by atoms with Crippen molar-refractivity contribution in [1.29, 1.82) is 5.26 Å². The smallest absolute Gasteiger partial charge is 0.224 e. The average molecular weight is 402 g/mol. The molecule has 1 N–H and O–H groups in total. The predicted octanol–water partition coefficient (Wildman–Crippen LogP) is 3.70. The number of carbonyl (C=O) groups is 1. The Morgan fingerprint density at radius 3 is 2.75 bits per heavy atom. The van der Waals surface area contributed by atoms with E-state index in [1.54, 1.807) is 0 Å². The standard InChI is InChI=1S/C22H31N3O2S/c1-25-14-4-6-18(25)15-27-19-8-10-20(11-9-19)28-16-17-5-2-3-7-21(17)22(26)24-13-12-23/h8-11,17-18,21H,2-7,13-16H2,1H3,(H,24,26). The van der Waals surface area contributed by atoms with E-state index in [9.17, 15) is 4.79 Å². The molecule has 0 spiro atoms. The van der Waals surface area contributed by atoms with E-state index in [0.717, 1.165) is 37.4 Å². The number of nitrogens with one attached hydrogen (secondary N) is 1. The van der Waals surface area contributed by atoms with Gasteiger partial charge in [-0.2, -0.15) is 5.26 Å². The van der Waals surface area contributed by atoms with E-state index in [4.69, 9.17) is 10.00 Å². The summed E-state index contributed by atoms with van der Waals surface area (Å²) < 4.78 is 5.97. The van der Waals surface area contributed by atoms with Gasteiger partial charge in [0.1, 0.15) is 18.9 Å². The fourth-order valence-electron chi connectivity index (χ4n) is 4.23. The van der Waals surface area contributed by atoms with Gasteiger partial charge in [0.25, 0.3) is 0 Å². The van der Waals surface area contributed by atoms with Crippen molar-refractivity contribution in [2.24, 2.45) is 11.8 Å². The molecule has 5 nitrogen and oxygen atoms in total. The highest BCUT2D eigenvalue weighted by Crippen LogP contribution is 2.35. The first-order valence-electron chi connectivity index (χ1n) is 10.4. The Bertz CT molecular complexity index is 673. The largest absolute Gasteiger partial charge is 0.492 e. The van der Waals surface area contributed by atoms with Crippen molar-refractivity contribution in [1.82, 2.24) is 10.2 Å². The van der Waals surface area contributed by atoms with E-state index in [-0.39, 0.29) is 18.4 Å². The fraction of sp³-hybridized carbons (Fsp3) is 0.636. The molecule has 1 heterocycles. The number of thioether (sulfide) groups is 1. The van der Waals surface area contributed by atoms with E-state index in [0.29, 0.717) is 12.0 Å². The van der Waals surface area contributed by atoms with Crippen LogP contribution in [0.4, 0.5) is 0 Å². The molecule has 3 atom stereocenters. The van der Waals surface area contributed by atoms with Gasteiger partial charge in [-0.25, -0.2) is 0 Å². The summed E-state index contributed by atoms with van der Waals surface area (Å²) in [6, 6.07) is 10.9. The Morgan fingerprint density at radius 2 is 2.04 bits per heavy atom. The summed E-state index contributed by atoms with van der Waals surface area (Å²) in [5.74, 6) is 2.34. The number of likely N-dealkylation sites (tertiary alicyclic amines) is 1. The zero-order valence-electron chi connectivity index (χ0n) is 16.7. The Labute approximate surface area is 172 Å². The maximum Gasteiger partial charge on any atom is 0.224 e. The number of amides is 1. The normalized spacial score (nSPS) is 25.2. The molecule has 0 radical (unpaired) electrons. The number of rotatable bonds is 8. The second-order valence-corrected chi connectivity index (χ2v) is 8.99. The third-order valence-corrected chi connectivity index (χ3v) is 7.19. The van der Waals surface area contributed by atoms with E-state index < -0.39 is 0 Å². The lowest BCUT2D eigenvalue weighted by Crippen LogP contribution is -2.37. The summed E-state index contributed by atoms with van der Waals surface area (Å²) in [6.45, 7) is 2.03. The van der Waals surface area contributed by atoms with Crippen LogP contribution in [0.15, 0.2) is 29.2 Å². The second-order valence-electron chi connectivity index (χ2n) is 7.90. The Morgan fingerprint density at radius 1 is 1.25 bits per heavy atom. The van der Waals surface area contributed by atoms with E-state index in [1.807, 2.05) is 17.8 Å². The van der Waals surface area contributed by atoms with Crippen molar-refractivity contribution < 1.29 is 9.53 Å². The Hall–Kier alpha value is -1.71. The molecule has 2 aliphatic rings. The third kappa shape index (κ3) is 5.89. The molecule has 1 saturated carbocycles. The van der Waals surface area contributed by atoms with Crippen LogP contribution in [0.25, 0.3) is 0 Å². The minimum Gasteiger partial charge on any atom is -0.492 e. The van der Waals surface area contributed by atoms with Crippen molar-refractivity contribution in [2.75, 3.05) is 32.5 Å². The van der Waals surface area contributed by atoms with Crippen LogP contribution in [-0.2, 0) is 4.79 Å². The summed E-state index contributed by atoms with van der Waals surface area (Å²) in [7, 11) is 2.17. The zero-order chi connectivity index (χ0) is 19.8. The quantitative estimate of drug-likeness (QED) is 0.531. The highest BCUT2D eigenvalue weighted by Gasteiger charge is 2.30. The SMILES string of the molecule is CN1CCCC1COc1ccc(SCC2CCCCC2C(=O)NCC#N)cc1. The predicted molar refractivity (Wildman–Crippen MR) is 112 cm³/mol. The maximum absolute atomic E-state index is 12.3. The lowest BCUT2D eigenvalue weighted by molar-refractivity contribution is -0.127. The van der Waals surface area contributed by atoms with E-state index in [1.165, 1.54) is 30.7 Å². The molecule has 6 heteroatoms. The molecule has 1 aliphatic heterocycles. The molecular weight excluding hydrogens is 370 g/mol. The van der Waals surface area contributed by atoms with E-state index >= 15 is 0 Å². The second kappa shape index (κ2) is 10.7. The van der Waals surface area contributed by atoms with Crippen LogP contribution in [0.5, 0.6) is 5.75 Å². The molecular formula is C22H31N3O2S. The molecule has 3 unspecified atom stereocenters. The van der Waals surface area contributed by atoms with Crippen LogP contribution in [0.2, 0.25) is 0 Å². The first-order chi connectivity index (χ1) is 13.7. The molecule has 28 heavy (non-hydrogen) atoms. The monoisotopic (exact) mass is 401 g/mol. The van der Waals surface area contributed by atoms with Gasteiger partial charge in [0.2, 0.25) is 5.91 Å². The van der Waals surface area contributed by atoms with Crippen molar-refractivity contribution in [3.8, 4) is 11.8 Å². The zero-order valence-corrected chi connectivity index (χ0v) is 17.5. The first-order valence-corrected chi connectivity index (χ1v) is 11.4. The van der Waals surface area contributed by atoms with Crippen LogP contribution < -0.4 is 10.1 Å². The van der Waals surface area contributed by atoms with Gasteiger partial charge in [0.15, 0.2) is 0 Å². The minimum atomic E-state index is 0.0422. The van der Waals surface area contributed by atoms with Gasteiger partial charge in [-0.3, -0.25) is 4.79 Å². The molecule has 0 aromatic heterocycles. The number of likely N-dealkylation sites (N-methyl/N-ethyl adjacent to an activating group) is 1. The molecule has 1 aromatic carbocycles. The van der Waals surface area contributed by atoms with Gasteiger partial charge < -0.3 is 15.0 Å². The number of hydrogen-bond acceptors (Lipinski definition) is 5. The summed E-state index contributed by atoms with van der Waals surface area (Å²) in [4.78, 5) is 15.9. The number of ether oxygens (including phenoxy) is 1. The minimum absolute atomic E-state index is 0.0422. The number of nitrogens with zero attached hydrogens (tertiary/aromatic N) is 2. The van der Waals surface area contributed by atoms with Crippen LogP contribution >= 0.6 is 11.8 Å². The van der Waals surface area contributed by atoms with Gasteiger partial charge in [-0.05, 0) is 69.5 Å². The van der Waals surface area contributed by atoms with Gasteiger partial charge in [-0.1, -0.05) is 12.8 Å². The number of nitriles is 1. The van der Waals surface area contributed by atoms with Crippen molar-refractivity contribution in [2.45, 2.75) is 49.5 Å². The van der Waals surface area contributed by atoms with Crippen LogP contribution in [0.1, 0.15) is 38.5 Å². The fourth-order valence-corrected chi connectivity index (χ4v) is 5.36. The molecule has 1 saturated heterocycles. The molecule has 152 valence electrons. The van der Waals surface area contributed by atoms with Gasteiger partial charge in [0.05, 0.1) is 6.07 Å². The highest BCUT2D eigenvalue weighted by molar-refractivity contribution is 7.99. The summed E-state index contributed by atoms with van der Waals surface area (Å²) in [5.41, 5.74) is 0. The van der Waals surface area contributed by atoms with Crippen LogP contribution in [-0.4, -0.2) is 49.3 Å².